The molecule has 0 unspecified atom stereocenters. The molecule has 0 heterocycles. The Morgan fingerprint density at radius 2 is 1.25 bits per heavy atom. The maximum absolute atomic E-state index is 9.67. The molecule has 5 heteroatoms. The van der Waals surface area contributed by atoms with Crippen molar-refractivity contribution >= 4 is 12.8 Å². The van der Waals surface area contributed by atoms with Gasteiger partial charge in [0.25, 0.3) is 0 Å². The molecule has 0 amide bonds. The van der Waals surface area contributed by atoms with Crippen LogP contribution in [0, 0.1) is 0 Å². The lowest BCUT2D eigenvalue weighted by molar-refractivity contribution is 0.00819. The van der Waals surface area contributed by atoms with Crippen LogP contribution in [0.5, 0.6) is 0 Å². The molecule has 0 aliphatic heterocycles. The quantitative estimate of drug-likeness (QED) is 0.509. The molecule has 1 nitrogen and oxygen atoms in total. The van der Waals surface area contributed by atoms with E-state index in [2.05, 4.69) is 12.8 Å². The first-order chi connectivity index (χ1) is 3.46. The molecule has 0 aliphatic carbocycles. The third-order valence-electron chi connectivity index (χ3n) is 0. The lowest BCUT2D eigenvalue weighted by atomic mass is 11.3. The zero-order valence-electron chi connectivity index (χ0n) is 4.61. The lowest BCUT2D eigenvalue weighted by Crippen LogP contribution is -1.89. The van der Waals surface area contributed by atoms with Crippen LogP contribution in [-0.2, 0) is 0 Å². The molecule has 0 rings (SSSR count). The van der Waals surface area contributed by atoms with Crippen molar-refractivity contribution in [1.29, 1.82) is 0 Å². The molecule has 0 bridgehead atoms. The first kappa shape index (κ1) is 11.0. The van der Waals surface area contributed by atoms with E-state index in [0.29, 0.717) is 0 Å². The fourth-order valence-corrected chi connectivity index (χ4v) is 0. The number of nitrogens with zero attached hydrogens (tertiary/aromatic N) is 1. The number of hydrogen-bond donors (Lipinski definition) is 1. The monoisotopic (exact) mass is 147 g/mol. The predicted molar refractivity (Wildman–Crippen MR) is 29.8 cm³/mol. The van der Waals surface area contributed by atoms with Crippen LogP contribution in [0.4, 0.5) is 13.2 Å². The summed E-state index contributed by atoms with van der Waals surface area (Å²) in [5.74, 6) is 0. The normalized spacial score (nSPS) is 9.00. The van der Waals surface area contributed by atoms with Gasteiger partial charge in [-0.2, -0.15) is 13.2 Å². The van der Waals surface area contributed by atoms with Gasteiger partial charge in [0.1, 0.15) is 0 Å². The van der Waals surface area contributed by atoms with Crippen molar-refractivity contribution < 1.29 is 13.2 Å². The number of halogens is 3. The third kappa shape index (κ3) is 15900. The van der Waals surface area contributed by atoms with Crippen molar-refractivity contribution in [2.75, 3.05) is 14.1 Å². The average Bonchev–Trinajstić information content (AvgIpc) is 1.25. The Hall–Kier alpha value is 0.100. The Balaban J connectivity index is 0. The summed E-state index contributed by atoms with van der Waals surface area (Å²) in [4.78, 5) is 0. The van der Waals surface area contributed by atoms with Crippen LogP contribution >= 0.6 is 12.8 Å². The highest BCUT2D eigenvalue weighted by atomic mass is 32.1. The van der Waals surface area contributed by atoms with Crippen molar-refractivity contribution in [1.82, 2.24) is 4.31 Å². The van der Waals surface area contributed by atoms with Gasteiger partial charge in [-0.1, -0.05) is 12.8 Å². The van der Waals surface area contributed by atoms with E-state index in [-0.39, 0.29) is 0 Å². The van der Waals surface area contributed by atoms with Crippen molar-refractivity contribution in [3.05, 3.63) is 0 Å². The van der Waals surface area contributed by atoms with Crippen LogP contribution in [0.25, 0.3) is 0 Å². The van der Waals surface area contributed by atoms with Crippen molar-refractivity contribution in [2.45, 2.75) is 6.68 Å². The van der Waals surface area contributed by atoms with Crippen LogP contribution in [0.1, 0.15) is 0 Å². The second-order valence-electron chi connectivity index (χ2n) is 1.09. The van der Waals surface area contributed by atoms with Crippen LogP contribution in [0.2, 0.25) is 0 Å². The van der Waals surface area contributed by atoms with Crippen LogP contribution in [0.3, 0.4) is 0 Å². The van der Waals surface area contributed by atoms with E-state index in [0.717, 1.165) is 0 Å². The van der Waals surface area contributed by atoms with Crippen LogP contribution in [-0.4, -0.2) is 25.1 Å². The van der Waals surface area contributed by atoms with Gasteiger partial charge in [-0.15, -0.1) is 0 Å². The van der Waals surface area contributed by atoms with Crippen molar-refractivity contribution in [3.63, 3.8) is 0 Å². The summed E-state index contributed by atoms with van der Waals surface area (Å²) in [6.45, 7) is -3.67. The van der Waals surface area contributed by atoms with Gasteiger partial charge in [-0.05, 0) is 14.1 Å². The summed E-state index contributed by atoms with van der Waals surface area (Å²) >= 11 is 3.80. The molecular weight excluding hydrogens is 139 g/mol. The smallest absolute Gasteiger partial charge is 0.259 e. The number of rotatable bonds is 0. The molecule has 0 aromatic heterocycles. The molecule has 0 radical (unpaired) electrons. The van der Waals surface area contributed by atoms with Gasteiger partial charge in [0.15, 0.2) is 0 Å². The van der Waals surface area contributed by atoms with Gasteiger partial charge < -0.3 is 0 Å². The lowest BCUT2D eigenvalue weighted by Gasteiger charge is -1.88. The van der Waals surface area contributed by atoms with E-state index < -0.39 is 6.68 Å². The van der Waals surface area contributed by atoms with Gasteiger partial charge in [0.2, 0.25) is 0 Å². The average molecular weight is 147 g/mol. The highest BCUT2D eigenvalue weighted by Gasteiger charge is 1.86. The van der Waals surface area contributed by atoms with Gasteiger partial charge in [0.05, 0.1) is 0 Å². The zero-order valence-corrected chi connectivity index (χ0v) is 5.50. The van der Waals surface area contributed by atoms with Crippen LogP contribution < -0.4 is 0 Å². The Kier molecular flexibility index (Phi) is 9.74. The fourth-order valence-electron chi connectivity index (χ4n) is 0. The Morgan fingerprint density at radius 1 is 1.25 bits per heavy atom. The maximum Gasteiger partial charge on any atom is 0.379 e. The third-order valence-corrected chi connectivity index (χ3v) is 0. The molecule has 0 spiro atoms. The molecule has 8 heavy (non-hydrogen) atoms. The van der Waals surface area contributed by atoms with E-state index in [1.165, 1.54) is 0 Å². The van der Waals surface area contributed by atoms with Crippen molar-refractivity contribution in [2.24, 2.45) is 0 Å². The SMILES string of the molecule is CN(C)S.FC(F)F. The summed E-state index contributed by atoms with van der Waals surface area (Å²) in [6.07, 6.45) is 0. The molecular formula is C3H8F3NS. The number of alkyl halides is 3. The minimum Gasteiger partial charge on any atom is -0.259 e. The highest BCUT2D eigenvalue weighted by molar-refractivity contribution is 7.77. The van der Waals surface area contributed by atoms with E-state index in [1.807, 2.05) is 14.1 Å². The van der Waals surface area contributed by atoms with E-state index in [1.54, 1.807) is 4.31 Å². The minimum atomic E-state index is -3.67. The van der Waals surface area contributed by atoms with E-state index in [4.69, 9.17) is 0 Å². The van der Waals surface area contributed by atoms with E-state index in [9.17, 15) is 13.2 Å². The summed E-state index contributed by atoms with van der Waals surface area (Å²) in [5.41, 5.74) is 0. The molecule has 0 fully saturated rings. The highest BCUT2D eigenvalue weighted by Crippen LogP contribution is 1.87. The zero-order chi connectivity index (χ0) is 7.15. The van der Waals surface area contributed by atoms with E-state index >= 15 is 0 Å². The van der Waals surface area contributed by atoms with Crippen LogP contribution in [0.15, 0.2) is 0 Å². The predicted octanol–water partition coefficient (Wildman–Crippen LogP) is 1.57. The molecule has 0 saturated heterocycles. The summed E-state index contributed by atoms with van der Waals surface area (Å²) in [5, 5.41) is 0. The van der Waals surface area contributed by atoms with Gasteiger partial charge >= 0.3 is 6.68 Å². The fraction of sp³-hybridized carbons (Fsp3) is 1.00. The molecule has 0 aromatic rings. The second-order valence-corrected chi connectivity index (χ2v) is 1.89. The number of thiol groups is 1. The van der Waals surface area contributed by atoms with Crippen molar-refractivity contribution in [3.8, 4) is 0 Å². The molecule has 52 valence electrons. The topological polar surface area (TPSA) is 3.24 Å². The molecule has 0 saturated carbocycles. The van der Waals surface area contributed by atoms with Gasteiger partial charge in [-0.3, -0.25) is 4.31 Å². The first-order valence-corrected chi connectivity index (χ1v) is 2.15. The molecule has 0 N–H and O–H groups in total. The molecule has 0 aromatic carbocycles. The summed E-state index contributed by atoms with van der Waals surface area (Å²) in [6, 6.07) is 0. The Morgan fingerprint density at radius 3 is 1.25 bits per heavy atom. The first-order valence-electron chi connectivity index (χ1n) is 1.75. The largest absolute Gasteiger partial charge is 0.379 e. The second kappa shape index (κ2) is 7.10. The Labute approximate surface area is 52.0 Å². The molecule has 0 atom stereocenters. The van der Waals surface area contributed by atoms with Gasteiger partial charge in [0, 0.05) is 0 Å². The summed E-state index contributed by atoms with van der Waals surface area (Å²) in [7, 11) is 3.73. The minimum absolute atomic E-state index is 1.69. The molecule has 0 aliphatic rings. The van der Waals surface area contributed by atoms with Gasteiger partial charge in [-0.25, -0.2) is 0 Å². The number of hydrogen-bond acceptors (Lipinski definition) is 2. The Bertz CT molecular complexity index is 30.0. The maximum atomic E-state index is 9.67. The summed E-state index contributed by atoms with van der Waals surface area (Å²) < 4.78 is 30.7. The standard InChI is InChI=1S/C2H7NS.CHF3/c1-3(2)4;2-1(3)4/h4H,1-2H3;1H.